The van der Waals surface area contributed by atoms with Crippen molar-refractivity contribution in [2.75, 3.05) is 0 Å². The van der Waals surface area contributed by atoms with Crippen molar-refractivity contribution in [3.05, 3.63) is 0 Å². The second-order valence-electron chi connectivity index (χ2n) is 4.59. The van der Waals surface area contributed by atoms with E-state index in [1.807, 2.05) is 0 Å². The van der Waals surface area contributed by atoms with Crippen LogP contribution in [0.4, 0.5) is 0 Å². The van der Waals surface area contributed by atoms with Gasteiger partial charge in [-0.05, 0) is 0 Å². The van der Waals surface area contributed by atoms with Gasteiger partial charge in [-0.15, -0.1) is 0 Å². The predicted molar refractivity (Wildman–Crippen MR) is 69.5 cm³/mol. The van der Waals surface area contributed by atoms with Crippen LogP contribution in [0.15, 0.2) is 0 Å². The lowest BCUT2D eigenvalue weighted by molar-refractivity contribution is 0.600. The Morgan fingerprint density at radius 2 is 1.14 bits per heavy atom. The first-order chi connectivity index (χ1) is 6.85. The van der Waals surface area contributed by atoms with E-state index in [4.69, 9.17) is 0 Å². The number of hydrogen-bond acceptors (Lipinski definition) is 0. The Balaban J connectivity index is 3.04. The molecule has 0 aromatic carbocycles. The van der Waals surface area contributed by atoms with Crippen LogP contribution in [0, 0.1) is 0 Å². The molecule has 0 radical (unpaired) electrons. The summed E-state index contributed by atoms with van der Waals surface area (Å²) in [7, 11) is 0. The molecule has 14 heavy (non-hydrogen) atoms. The highest BCUT2D eigenvalue weighted by molar-refractivity contribution is 6.58. The molecule has 1 heteroatoms. The van der Waals surface area contributed by atoms with E-state index in [0.717, 1.165) is 0 Å². The van der Waals surface area contributed by atoms with Gasteiger partial charge < -0.3 is 0 Å². The minimum absolute atomic E-state index is 0.257. The highest BCUT2D eigenvalue weighted by Gasteiger charge is 2.09. The minimum atomic E-state index is -0.257. The minimum Gasteiger partial charge on any atom is -0.0967 e. The number of hydrogen-bond donors (Lipinski definition) is 0. The molecule has 0 aliphatic carbocycles. The average Bonchev–Trinajstić information content (AvgIpc) is 2.22. The number of unbranched alkanes of at least 4 members (excludes halogenated alkanes) is 6. The molecular formula is C13H29Al. The fourth-order valence-corrected chi connectivity index (χ4v) is 4.35. The van der Waals surface area contributed by atoms with Crippen molar-refractivity contribution in [3.63, 3.8) is 0 Å². The number of rotatable bonds is 10. The highest BCUT2D eigenvalue weighted by atomic mass is 27.2. The molecule has 0 atom stereocenters. The van der Waals surface area contributed by atoms with E-state index >= 15 is 0 Å². The SMILES string of the molecule is CCCCCCCC[CH2][Al]([CH2]C)[CH2]C. The van der Waals surface area contributed by atoms with E-state index in [0.29, 0.717) is 0 Å². The van der Waals surface area contributed by atoms with Gasteiger partial charge in [0, 0.05) is 0 Å². The molecule has 0 saturated carbocycles. The predicted octanol–water partition coefficient (Wildman–Crippen LogP) is 5.27. The monoisotopic (exact) mass is 212 g/mol. The topological polar surface area (TPSA) is 0 Å². The third-order valence-corrected chi connectivity index (χ3v) is 6.90. The fraction of sp³-hybridized carbons (Fsp3) is 1.00. The molecule has 0 nitrogen and oxygen atoms in total. The second kappa shape index (κ2) is 11.6. The van der Waals surface area contributed by atoms with Gasteiger partial charge in [0.1, 0.15) is 0 Å². The van der Waals surface area contributed by atoms with E-state index in [-0.39, 0.29) is 14.1 Å². The van der Waals surface area contributed by atoms with Crippen LogP contribution in [0.2, 0.25) is 15.8 Å². The Labute approximate surface area is 95.9 Å². The van der Waals surface area contributed by atoms with Gasteiger partial charge in [0.15, 0.2) is 0 Å². The van der Waals surface area contributed by atoms with Gasteiger partial charge in [0.05, 0.1) is 0 Å². The van der Waals surface area contributed by atoms with Crippen LogP contribution in [-0.2, 0) is 0 Å². The molecule has 0 spiro atoms. The third-order valence-electron chi connectivity index (χ3n) is 3.37. The summed E-state index contributed by atoms with van der Waals surface area (Å²) in [4.78, 5) is 0. The van der Waals surface area contributed by atoms with E-state index in [2.05, 4.69) is 20.8 Å². The van der Waals surface area contributed by atoms with Gasteiger partial charge in [-0.3, -0.25) is 0 Å². The standard InChI is InChI=1S/C9H19.2C2H5.Al/c1-3-5-7-9-8-6-4-2;2*1-2;/h1,3-9H2,2H3;2*1H2,2H3;. The first kappa shape index (κ1) is 14.5. The van der Waals surface area contributed by atoms with Crippen molar-refractivity contribution >= 4 is 14.1 Å². The lowest BCUT2D eigenvalue weighted by atomic mass is 10.1. The Morgan fingerprint density at radius 1 is 0.643 bits per heavy atom. The summed E-state index contributed by atoms with van der Waals surface area (Å²) in [5, 5.41) is 4.65. The maximum Gasteiger partial charge on any atom is 0.261 e. The molecule has 0 heterocycles. The lowest BCUT2D eigenvalue weighted by Crippen LogP contribution is -2.07. The average molecular weight is 212 g/mol. The molecule has 0 N–H and O–H groups in total. The van der Waals surface area contributed by atoms with Crippen LogP contribution in [0.1, 0.15) is 65.7 Å². The maximum absolute atomic E-state index is 2.39. The molecular weight excluding hydrogens is 183 g/mol. The summed E-state index contributed by atoms with van der Waals surface area (Å²) >= 11 is -0.257. The Kier molecular flexibility index (Phi) is 12.0. The van der Waals surface area contributed by atoms with Crippen LogP contribution in [0.3, 0.4) is 0 Å². The van der Waals surface area contributed by atoms with Crippen molar-refractivity contribution in [2.24, 2.45) is 0 Å². The molecule has 84 valence electrons. The van der Waals surface area contributed by atoms with Gasteiger partial charge >= 0.3 is 0 Å². The Morgan fingerprint density at radius 3 is 1.64 bits per heavy atom. The van der Waals surface area contributed by atoms with Gasteiger partial charge in [-0.25, -0.2) is 0 Å². The lowest BCUT2D eigenvalue weighted by Gasteiger charge is -2.05. The summed E-state index contributed by atoms with van der Waals surface area (Å²) in [6.07, 6.45) is 10.3. The van der Waals surface area contributed by atoms with Crippen molar-refractivity contribution in [1.82, 2.24) is 0 Å². The molecule has 0 unspecified atom stereocenters. The van der Waals surface area contributed by atoms with Crippen LogP contribution in [0.5, 0.6) is 0 Å². The van der Waals surface area contributed by atoms with Crippen molar-refractivity contribution in [2.45, 2.75) is 81.6 Å². The van der Waals surface area contributed by atoms with Crippen molar-refractivity contribution in [3.8, 4) is 0 Å². The zero-order chi connectivity index (χ0) is 10.6. The van der Waals surface area contributed by atoms with Gasteiger partial charge in [-0.2, -0.15) is 0 Å². The van der Waals surface area contributed by atoms with E-state index < -0.39 is 0 Å². The normalized spacial score (nSPS) is 10.5. The van der Waals surface area contributed by atoms with Gasteiger partial charge in [0.2, 0.25) is 0 Å². The molecule has 0 fully saturated rings. The van der Waals surface area contributed by atoms with E-state index in [1.54, 1.807) is 5.28 Å². The summed E-state index contributed by atoms with van der Waals surface area (Å²) in [6.45, 7) is 7.07. The molecule has 0 rings (SSSR count). The van der Waals surface area contributed by atoms with Crippen molar-refractivity contribution in [1.29, 1.82) is 0 Å². The quantitative estimate of drug-likeness (QED) is 0.342. The van der Waals surface area contributed by atoms with Crippen LogP contribution in [-0.4, -0.2) is 14.1 Å². The molecule has 0 aliphatic heterocycles. The second-order valence-corrected chi connectivity index (χ2v) is 8.53. The highest BCUT2D eigenvalue weighted by Crippen LogP contribution is 2.13. The third kappa shape index (κ3) is 9.10. The summed E-state index contributed by atoms with van der Waals surface area (Å²) < 4.78 is 0. The summed E-state index contributed by atoms with van der Waals surface area (Å²) in [6, 6.07) is 0. The first-order valence-corrected chi connectivity index (χ1v) is 9.30. The summed E-state index contributed by atoms with van der Waals surface area (Å²) in [5.41, 5.74) is 0. The maximum atomic E-state index is 2.39. The molecule has 0 bridgehead atoms. The van der Waals surface area contributed by atoms with Gasteiger partial charge in [-0.1, -0.05) is 81.6 Å². The first-order valence-electron chi connectivity index (χ1n) is 6.85. The van der Waals surface area contributed by atoms with E-state index in [9.17, 15) is 0 Å². The smallest absolute Gasteiger partial charge is 0.0967 e. The van der Waals surface area contributed by atoms with Gasteiger partial charge in [0.25, 0.3) is 14.1 Å². The molecule has 0 aromatic rings. The zero-order valence-corrected chi connectivity index (χ0v) is 11.8. The molecule has 0 aromatic heterocycles. The Bertz CT molecular complexity index is 97.4. The largest absolute Gasteiger partial charge is 0.261 e. The van der Waals surface area contributed by atoms with Crippen LogP contribution < -0.4 is 0 Å². The molecule has 0 amide bonds. The fourth-order valence-electron chi connectivity index (χ4n) is 2.09. The molecule has 0 aliphatic rings. The van der Waals surface area contributed by atoms with E-state index in [1.165, 1.54) is 55.5 Å². The molecule has 0 saturated heterocycles. The van der Waals surface area contributed by atoms with Crippen LogP contribution in [0.25, 0.3) is 0 Å². The zero-order valence-electron chi connectivity index (χ0n) is 10.6. The Hall–Kier alpha value is 0.532. The van der Waals surface area contributed by atoms with Crippen LogP contribution >= 0.6 is 0 Å². The summed E-state index contributed by atoms with van der Waals surface area (Å²) in [5.74, 6) is 0. The van der Waals surface area contributed by atoms with Crippen molar-refractivity contribution < 1.29 is 0 Å².